The lowest BCUT2D eigenvalue weighted by Crippen LogP contribution is -2.26. The van der Waals surface area contributed by atoms with Gasteiger partial charge >= 0.3 is 0 Å². The minimum absolute atomic E-state index is 0.430. The molecule has 6 heteroatoms. The summed E-state index contributed by atoms with van der Waals surface area (Å²) in [5.74, 6) is 0.594. The van der Waals surface area contributed by atoms with Crippen LogP contribution in [0.15, 0.2) is 11.3 Å². The van der Waals surface area contributed by atoms with Gasteiger partial charge in [-0.15, -0.1) is 11.3 Å². The molecule has 0 saturated carbocycles. The molecule has 1 N–H and O–H groups in total. The average molecular weight is 223 g/mol. The summed E-state index contributed by atoms with van der Waals surface area (Å²) >= 11 is 1.68. The SMILES string of the molecule is [N-]=[N+]=NCc1cnc(C2CCNCC2)s1. The van der Waals surface area contributed by atoms with Crippen LogP contribution >= 0.6 is 11.3 Å². The fraction of sp³-hybridized carbons (Fsp3) is 0.667. The van der Waals surface area contributed by atoms with Gasteiger partial charge in [-0.2, -0.15) is 0 Å². The Kier molecular flexibility index (Phi) is 3.55. The zero-order valence-corrected chi connectivity index (χ0v) is 9.20. The first-order valence-electron chi connectivity index (χ1n) is 5.06. The number of rotatable bonds is 3. The first-order valence-corrected chi connectivity index (χ1v) is 5.88. The van der Waals surface area contributed by atoms with E-state index in [1.165, 1.54) is 5.01 Å². The number of nitrogens with zero attached hydrogens (tertiary/aromatic N) is 4. The van der Waals surface area contributed by atoms with Gasteiger partial charge in [-0.05, 0) is 31.5 Å². The summed E-state index contributed by atoms with van der Waals surface area (Å²) < 4.78 is 0. The first kappa shape index (κ1) is 10.4. The third kappa shape index (κ3) is 2.68. The van der Waals surface area contributed by atoms with Crippen LogP contribution in [0.5, 0.6) is 0 Å². The third-order valence-electron chi connectivity index (χ3n) is 2.55. The van der Waals surface area contributed by atoms with Gasteiger partial charge in [0.2, 0.25) is 0 Å². The molecule has 0 bridgehead atoms. The van der Waals surface area contributed by atoms with E-state index in [0.29, 0.717) is 12.5 Å². The van der Waals surface area contributed by atoms with Gasteiger partial charge < -0.3 is 5.32 Å². The predicted octanol–water partition coefficient (Wildman–Crippen LogP) is 2.42. The van der Waals surface area contributed by atoms with Crippen molar-refractivity contribution in [2.45, 2.75) is 25.3 Å². The van der Waals surface area contributed by atoms with E-state index >= 15 is 0 Å². The Labute approximate surface area is 92.2 Å². The number of hydrogen-bond donors (Lipinski definition) is 1. The lowest BCUT2D eigenvalue weighted by Gasteiger charge is -2.20. The fourth-order valence-electron chi connectivity index (χ4n) is 1.75. The molecule has 15 heavy (non-hydrogen) atoms. The molecule has 0 unspecified atom stereocenters. The van der Waals surface area contributed by atoms with Gasteiger partial charge in [-0.3, -0.25) is 0 Å². The van der Waals surface area contributed by atoms with Crippen molar-refractivity contribution in [3.05, 3.63) is 26.5 Å². The Balaban J connectivity index is 2.01. The van der Waals surface area contributed by atoms with Gasteiger partial charge in [0.05, 0.1) is 11.6 Å². The van der Waals surface area contributed by atoms with Crippen LogP contribution < -0.4 is 5.32 Å². The lowest BCUT2D eigenvalue weighted by atomic mass is 9.99. The smallest absolute Gasteiger partial charge is 0.0959 e. The average Bonchev–Trinajstić information content (AvgIpc) is 2.76. The second-order valence-electron chi connectivity index (χ2n) is 3.58. The fourth-order valence-corrected chi connectivity index (χ4v) is 2.76. The van der Waals surface area contributed by atoms with E-state index in [4.69, 9.17) is 5.53 Å². The maximum Gasteiger partial charge on any atom is 0.0959 e. The highest BCUT2D eigenvalue weighted by Crippen LogP contribution is 2.28. The molecule has 1 aromatic rings. The number of piperidine rings is 1. The van der Waals surface area contributed by atoms with Crippen molar-refractivity contribution < 1.29 is 0 Å². The second kappa shape index (κ2) is 5.11. The summed E-state index contributed by atoms with van der Waals surface area (Å²) in [7, 11) is 0. The molecule has 1 aliphatic rings. The van der Waals surface area contributed by atoms with Crippen molar-refractivity contribution in [3.63, 3.8) is 0 Å². The van der Waals surface area contributed by atoms with Crippen molar-refractivity contribution >= 4 is 11.3 Å². The third-order valence-corrected chi connectivity index (χ3v) is 3.69. The molecule has 0 atom stereocenters. The minimum Gasteiger partial charge on any atom is -0.317 e. The van der Waals surface area contributed by atoms with E-state index in [0.717, 1.165) is 30.8 Å². The molecule has 1 saturated heterocycles. The summed E-state index contributed by atoms with van der Waals surface area (Å²) in [5, 5.41) is 8.07. The van der Waals surface area contributed by atoms with Gasteiger partial charge in [0.1, 0.15) is 0 Å². The van der Waals surface area contributed by atoms with Crippen LogP contribution in [0.3, 0.4) is 0 Å². The highest BCUT2D eigenvalue weighted by molar-refractivity contribution is 7.11. The topological polar surface area (TPSA) is 73.7 Å². The van der Waals surface area contributed by atoms with Crippen LogP contribution in [0.25, 0.3) is 10.4 Å². The van der Waals surface area contributed by atoms with Crippen LogP contribution in [0.4, 0.5) is 0 Å². The summed E-state index contributed by atoms with van der Waals surface area (Å²) in [5.41, 5.74) is 8.22. The van der Waals surface area contributed by atoms with Crippen molar-refractivity contribution in [1.82, 2.24) is 10.3 Å². The molecule has 1 fully saturated rings. The van der Waals surface area contributed by atoms with Gasteiger partial charge in [0.25, 0.3) is 0 Å². The van der Waals surface area contributed by atoms with Crippen molar-refractivity contribution in [1.29, 1.82) is 0 Å². The molecule has 2 rings (SSSR count). The molecule has 0 radical (unpaired) electrons. The summed E-state index contributed by atoms with van der Waals surface area (Å²) in [6.45, 7) is 2.59. The Hall–Kier alpha value is -1.10. The number of azide groups is 1. The molecule has 80 valence electrons. The highest BCUT2D eigenvalue weighted by atomic mass is 32.1. The highest BCUT2D eigenvalue weighted by Gasteiger charge is 2.17. The molecular formula is C9H13N5S. The number of aromatic nitrogens is 1. The predicted molar refractivity (Wildman–Crippen MR) is 59.8 cm³/mol. The van der Waals surface area contributed by atoms with E-state index < -0.39 is 0 Å². The van der Waals surface area contributed by atoms with Gasteiger partial charge in [-0.25, -0.2) is 4.98 Å². The minimum atomic E-state index is 0.430. The van der Waals surface area contributed by atoms with Crippen molar-refractivity contribution in [2.24, 2.45) is 5.11 Å². The molecule has 0 amide bonds. The molecule has 1 aliphatic heterocycles. The van der Waals surface area contributed by atoms with E-state index in [1.54, 1.807) is 11.3 Å². The molecule has 0 aliphatic carbocycles. The van der Waals surface area contributed by atoms with E-state index in [2.05, 4.69) is 20.3 Å². The van der Waals surface area contributed by atoms with Crippen LogP contribution in [0.1, 0.15) is 28.6 Å². The van der Waals surface area contributed by atoms with Crippen LogP contribution in [0.2, 0.25) is 0 Å². The maximum absolute atomic E-state index is 8.22. The first-order chi connectivity index (χ1) is 7.40. The van der Waals surface area contributed by atoms with E-state index in [9.17, 15) is 0 Å². The largest absolute Gasteiger partial charge is 0.317 e. The summed E-state index contributed by atoms with van der Waals surface area (Å²) in [6, 6.07) is 0. The zero-order chi connectivity index (χ0) is 10.5. The quantitative estimate of drug-likeness (QED) is 0.485. The van der Waals surface area contributed by atoms with Crippen LogP contribution in [-0.4, -0.2) is 18.1 Å². The molecular weight excluding hydrogens is 210 g/mol. The molecule has 5 nitrogen and oxygen atoms in total. The van der Waals surface area contributed by atoms with E-state index in [-0.39, 0.29) is 0 Å². The lowest BCUT2D eigenvalue weighted by molar-refractivity contribution is 0.459. The van der Waals surface area contributed by atoms with Crippen LogP contribution in [-0.2, 0) is 6.54 Å². The Morgan fingerprint density at radius 3 is 3.13 bits per heavy atom. The number of hydrogen-bond acceptors (Lipinski definition) is 4. The van der Waals surface area contributed by atoms with Gasteiger partial charge in [0, 0.05) is 21.9 Å². The molecule has 0 spiro atoms. The molecule has 1 aromatic heterocycles. The Bertz CT molecular complexity index is 362. The summed E-state index contributed by atoms with van der Waals surface area (Å²) in [4.78, 5) is 8.20. The zero-order valence-electron chi connectivity index (χ0n) is 8.39. The van der Waals surface area contributed by atoms with Crippen molar-refractivity contribution in [3.8, 4) is 0 Å². The maximum atomic E-state index is 8.22. The Morgan fingerprint density at radius 2 is 2.40 bits per heavy atom. The molecule has 2 heterocycles. The number of thiazole rings is 1. The van der Waals surface area contributed by atoms with Gasteiger partial charge in [-0.1, -0.05) is 5.11 Å². The molecule has 0 aromatic carbocycles. The standard InChI is InChI=1S/C9H13N5S/c10-14-13-6-8-5-12-9(15-8)7-1-3-11-4-2-7/h5,7,11H,1-4,6H2. The van der Waals surface area contributed by atoms with Crippen LogP contribution in [0, 0.1) is 0 Å². The normalized spacial score (nSPS) is 17.3. The van der Waals surface area contributed by atoms with Crippen molar-refractivity contribution in [2.75, 3.05) is 13.1 Å². The van der Waals surface area contributed by atoms with Gasteiger partial charge in [0.15, 0.2) is 0 Å². The summed E-state index contributed by atoms with van der Waals surface area (Å²) in [6.07, 6.45) is 4.15. The second-order valence-corrected chi connectivity index (χ2v) is 4.72. The number of nitrogens with one attached hydrogen (secondary N) is 1. The Morgan fingerprint density at radius 1 is 1.60 bits per heavy atom. The monoisotopic (exact) mass is 223 g/mol. The van der Waals surface area contributed by atoms with E-state index in [1.807, 2.05) is 6.20 Å².